The molecule has 1 aromatic carbocycles. The van der Waals surface area contributed by atoms with Crippen LogP contribution < -0.4 is 0 Å². The molecule has 8 heteroatoms. The first-order valence-electron chi connectivity index (χ1n) is 7.04. The van der Waals surface area contributed by atoms with Crippen LogP contribution in [0.5, 0.6) is 0 Å². The predicted molar refractivity (Wildman–Crippen MR) is 80.6 cm³/mol. The largest absolute Gasteiger partial charge is 0.451 e. The summed E-state index contributed by atoms with van der Waals surface area (Å²) in [6, 6.07) is 6.72. The fraction of sp³-hybridized carbons (Fsp3) is 0.400. The second-order valence-electron chi connectivity index (χ2n) is 4.62. The average molecular weight is 342 g/mol. The molecule has 0 unspecified atom stereocenters. The van der Waals surface area contributed by atoms with Crippen LogP contribution in [0.4, 0.5) is 4.79 Å². The Kier molecular flexibility index (Phi) is 6.52. The first-order chi connectivity index (χ1) is 11.1. The van der Waals surface area contributed by atoms with E-state index in [-0.39, 0.29) is 38.2 Å². The lowest BCUT2D eigenvalue weighted by atomic mass is 10.1. The molecule has 0 bridgehead atoms. The van der Waals surface area contributed by atoms with Crippen LogP contribution in [0, 0.1) is 0 Å². The molecule has 0 saturated heterocycles. The smallest absolute Gasteiger partial charge is 0.403 e. The summed E-state index contributed by atoms with van der Waals surface area (Å²) in [6.45, 7) is 1.33. The zero-order valence-corrected chi connectivity index (χ0v) is 13.1. The lowest BCUT2D eigenvalue weighted by Gasteiger charge is -2.13. The van der Waals surface area contributed by atoms with E-state index in [9.17, 15) is 14.4 Å². The zero-order chi connectivity index (χ0) is 16.7. The second-order valence-corrected chi connectivity index (χ2v) is 4.93. The molecule has 0 N–H and O–H groups in total. The Hall–Kier alpha value is -1.96. The molecule has 0 fully saturated rings. The minimum atomic E-state index is -0.870. The zero-order valence-electron chi connectivity index (χ0n) is 12.3. The first kappa shape index (κ1) is 17.4. The van der Waals surface area contributed by atoms with Crippen molar-refractivity contribution >= 4 is 28.8 Å². The van der Waals surface area contributed by atoms with Crippen molar-refractivity contribution in [2.45, 2.75) is 0 Å². The minimum Gasteiger partial charge on any atom is -0.451 e. The van der Waals surface area contributed by atoms with Gasteiger partial charge in [-0.3, -0.25) is 14.5 Å². The van der Waals surface area contributed by atoms with Crippen LogP contribution in [0.25, 0.3) is 0 Å². The van der Waals surface area contributed by atoms with Crippen molar-refractivity contribution in [2.24, 2.45) is 0 Å². The molecule has 0 radical (unpaired) electrons. The highest BCUT2D eigenvalue weighted by Crippen LogP contribution is 2.21. The van der Waals surface area contributed by atoms with Crippen molar-refractivity contribution in [1.29, 1.82) is 0 Å². The summed E-state index contributed by atoms with van der Waals surface area (Å²) >= 11 is 4.98. The van der Waals surface area contributed by atoms with Crippen LogP contribution in [0.3, 0.4) is 0 Å². The van der Waals surface area contributed by atoms with Gasteiger partial charge in [-0.05, 0) is 12.1 Å². The van der Waals surface area contributed by atoms with E-state index in [1.54, 1.807) is 24.3 Å². The maximum Gasteiger partial charge on any atom is 0.403 e. The Labute approximate surface area is 138 Å². The van der Waals surface area contributed by atoms with Gasteiger partial charge in [0.25, 0.3) is 11.8 Å². The number of hydrogen-bond donors (Lipinski definition) is 0. The van der Waals surface area contributed by atoms with Gasteiger partial charge in [0.1, 0.15) is 6.61 Å². The van der Waals surface area contributed by atoms with Gasteiger partial charge in [0.2, 0.25) is 0 Å². The molecule has 0 saturated carbocycles. The lowest BCUT2D eigenvalue weighted by molar-refractivity contribution is 0.0245. The number of benzene rings is 1. The van der Waals surface area contributed by atoms with Crippen molar-refractivity contribution in [3.8, 4) is 0 Å². The van der Waals surface area contributed by atoms with Crippen molar-refractivity contribution < 1.29 is 28.6 Å². The molecule has 7 nitrogen and oxygen atoms in total. The molecule has 23 heavy (non-hydrogen) atoms. The highest BCUT2D eigenvalue weighted by Gasteiger charge is 2.34. The van der Waals surface area contributed by atoms with Gasteiger partial charge < -0.3 is 14.2 Å². The number of ether oxygens (including phenoxy) is 3. The van der Waals surface area contributed by atoms with Gasteiger partial charge in [-0.15, -0.1) is 0 Å². The van der Waals surface area contributed by atoms with E-state index in [1.807, 2.05) is 0 Å². The summed E-state index contributed by atoms with van der Waals surface area (Å²) in [5, 5.41) is 0. The molecular weight excluding hydrogens is 326 g/mol. The van der Waals surface area contributed by atoms with E-state index in [1.165, 1.54) is 4.90 Å². The molecule has 1 aliphatic heterocycles. The minimum absolute atomic E-state index is 0.0807. The van der Waals surface area contributed by atoms with Gasteiger partial charge in [-0.2, -0.15) is 0 Å². The normalized spacial score (nSPS) is 13.3. The fourth-order valence-corrected chi connectivity index (χ4v) is 2.18. The molecule has 0 atom stereocenters. The van der Waals surface area contributed by atoms with E-state index >= 15 is 0 Å². The molecular formula is C15H16ClNO6. The standard InChI is InChI=1S/C15H16ClNO6/c16-15(20)23-10-9-22-8-7-21-6-5-17-13(18)11-3-1-2-4-12(11)14(17)19/h1-4H,5-10H2. The summed E-state index contributed by atoms with van der Waals surface area (Å²) in [7, 11) is 0. The van der Waals surface area contributed by atoms with E-state index in [2.05, 4.69) is 4.74 Å². The van der Waals surface area contributed by atoms with Crippen molar-refractivity contribution in [2.75, 3.05) is 39.6 Å². The molecule has 0 spiro atoms. The SMILES string of the molecule is O=C(Cl)OCCOCCOCCN1C(=O)c2ccccc2C1=O. The van der Waals surface area contributed by atoms with Gasteiger partial charge in [0, 0.05) is 11.6 Å². The molecule has 1 aliphatic rings. The third-order valence-corrected chi connectivity index (χ3v) is 3.26. The molecule has 2 amide bonds. The predicted octanol–water partition coefficient (Wildman–Crippen LogP) is 1.69. The Balaban J connectivity index is 1.60. The average Bonchev–Trinajstić information content (AvgIpc) is 2.78. The number of nitrogens with zero attached hydrogens (tertiary/aromatic N) is 1. The molecule has 0 aliphatic carbocycles. The molecule has 1 heterocycles. The third kappa shape index (κ3) is 4.75. The monoisotopic (exact) mass is 341 g/mol. The van der Waals surface area contributed by atoms with E-state index < -0.39 is 5.43 Å². The number of fused-ring (bicyclic) bond motifs is 1. The molecule has 124 valence electrons. The molecule has 2 rings (SSSR count). The van der Waals surface area contributed by atoms with Gasteiger partial charge in [-0.25, -0.2) is 4.79 Å². The first-order valence-corrected chi connectivity index (χ1v) is 7.42. The summed E-state index contributed by atoms with van der Waals surface area (Å²) in [4.78, 5) is 35.6. The Morgan fingerprint density at radius 1 is 0.913 bits per heavy atom. The van der Waals surface area contributed by atoms with Crippen molar-refractivity contribution in [1.82, 2.24) is 4.90 Å². The van der Waals surface area contributed by atoms with E-state index in [0.29, 0.717) is 24.3 Å². The number of rotatable bonds is 9. The van der Waals surface area contributed by atoms with Crippen LogP contribution in [0.2, 0.25) is 0 Å². The van der Waals surface area contributed by atoms with Crippen molar-refractivity contribution in [3.63, 3.8) is 0 Å². The topological polar surface area (TPSA) is 82.1 Å². The quantitative estimate of drug-likeness (QED) is 0.386. The van der Waals surface area contributed by atoms with Crippen LogP contribution in [0.1, 0.15) is 20.7 Å². The number of halogens is 1. The number of hydrogen-bond acceptors (Lipinski definition) is 6. The van der Waals surface area contributed by atoms with Crippen LogP contribution in [-0.2, 0) is 14.2 Å². The van der Waals surface area contributed by atoms with E-state index in [0.717, 1.165) is 0 Å². The van der Waals surface area contributed by atoms with E-state index in [4.69, 9.17) is 21.1 Å². The van der Waals surface area contributed by atoms with Crippen LogP contribution in [0.15, 0.2) is 24.3 Å². The van der Waals surface area contributed by atoms with Crippen molar-refractivity contribution in [3.05, 3.63) is 35.4 Å². The highest BCUT2D eigenvalue weighted by atomic mass is 35.5. The summed E-state index contributed by atoms with van der Waals surface area (Å²) in [6.07, 6.45) is 0. The summed E-state index contributed by atoms with van der Waals surface area (Å²) in [5.41, 5.74) is -0.0184. The number of amides is 2. The fourth-order valence-electron chi connectivity index (χ4n) is 2.10. The third-order valence-electron chi connectivity index (χ3n) is 3.15. The number of carbonyl (C=O) groups is 3. The molecule has 0 aromatic heterocycles. The Bertz CT molecular complexity index is 556. The number of imide groups is 1. The summed E-state index contributed by atoms with van der Waals surface area (Å²) < 4.78 is 14.9. The second kappa shape index (κ2) is 8.61. The van der Waals surface area contributed by atoms with Gasteiger partial charge >= 0.3 is 5.43 Å². The Morgan fingerprint density at radius 2 is 1.43 bits per heavy atom. The number of carbonyl (C=O) groups excluding carboxylic acids is 3. The van der Waals surface area contributed by atoms with Gasteiger partial charge in [0.15, 0.2) is 0 Å². The maximum absolute atomic E-state index is 12.1. The van der Waals surface area contributed by atoms with Crippen LogP contribution in [-0.4, -0.2) is 61.7 Å². The molecule has 1 aromatic rings. The van der Waals surface area contributed by atoms with Gasteiger partial charge in [-0.1, -0.05) is 12.1 Å². The maximum atomic E-state index is 12.1. The Morgan fingerprint density at radius 3 is 2.00 bits per heavy atom. The lowest BCUT2D eigenvalue weighted by Crippen LogP contribution is -2.33. The highest BCUT2D eigenvalue weighted by molar-refractivity contribution is 6.61. The van der Waals surface area contributed by atoms with Gasteiger partial charge in [0.05, 0.1) is 44.1 Å². The summed E-state index contributed by atoms with van der Waals surface area (Å²) in [5.74, 6) is -0.596. The van der Waals surface area contributed by atoms with Crippen LogP contribution >= 0.6 is 11.6 Å².